The predicted octanol–water partition coefficient (Wildman–Crippen LogP) is 3.36. The largest absolute Gasteiger partial charge is 0.478 e. The third-order valence-electron chi connectivity index (χ3n) is 1.76. The molecule has 0 radical (unpaired) electrons. The van der Waals surface area contributed by atoms with Crippen molar-refractivity contribution in [2.24, 2.45) is 0 Å². The number of hydrogen-bond donors (Lipinski definition) is 1. The fourth-order valence-electron chi connectivity index (χ4n) is 1.22. The second kappa shape index (κ2) is 3.12. The van der Waals surface area contributed by atoms with Crippen LogP contribution in [0.15, 0.2) is 28.1 Å². The standard InChI is InChI=1S/C9H5BrO2S/c10-8-4-6-5(9(11)12)2-1-3-7(6)13-8/h1-4H,(H,11,12). The summed E-state index contributed by atoms with van der Waals surface area (Å²) in [5.41, 5.74) is 0.361. The van der Waals surface area contributed by atoms with Crippen LogP contribution in [0.3, 0.4) is 0 Å². The van der Waals surface area contributed by atoms with E-state index in [1.54, 1.807) is 12.1 Å². The fraction of sp³-hybridized carbons (Fsp3) is 0. The van der Waals surface area contributed by atoms with Gasteiger partial charge >= 0.3 is 5.97 Å². The highest BCUT2D eigenvalue weighted by Crippen LogP contribution is 2.31. The molecule has 1 aromatic carbocycles. The molecule has 0 fully saturated rings. The van der Waals surface area contributed by atoms with Gasteiger partial charge in [0.25, 0.3) is 0 Å². The van der Waals surface area contributed by atoms with E-state index in [1.165, 1.54) is 11.3 Å². The summed E-state index contributed by atoms with van der Waals surface area (Å²) in [6.45, 7) is 0. The van der Waals surface area contributed by atoms with E-state index in [9.17, 15) is 4.79 Å². The number of carboxylic acids is 1. The number of halogens is 1. The first-order chi connectivity index (χ1) is 6.18. The van der Waals surface area contributed by atoms with Crippen LogP contribution in [-0.4, -0.2) is 11.1 Å². The highest BCUT2D eigenvalue weighted by atomic mass is 79.9. The van der Waals surface area contributed by atoms with Crippen LogP contribution in [0.1, 0.15) is 10.4 Å². The molecule has 1 N–H and O–H groups in total. The SMILES string of the molecule is O=C(O)c1cccc2sc(Br)cc12. The quantitative estimate of drug-likeness (QED) is 0.850. The highest BCUT2D eigenvalue weighted by molar-refractivity contribution is 9.11. The van der Waals surface area contributed by atoms with E-state index < -0.39 is 5.97 Å². The number of carbonyl (C=O) groups is 1. The zero-order valence-corrected chi connectivity index (χ0v) is 8.85. The van der Waals surface area contributed by atoms with Gasteiger partial charge in [0.05, 0.1) is 9.35 Å². The second-order valence-electron chi connectivity index (χ2n) is 2.57. The lowest BCUT2D eigenvalue weighted by atomic mass is 10.1. The Kier molecular flexibility index (Phi) is 2.09. The van der Waals surface area contributed by atoms with Crippen LogP contribution in [0, 0.1) is 0 Å². The topological polar surface area (TPSA) is 37.3 Å². The summed E-state index contributed by atoms with van der Waals surface area (Å²) in [6, 6.07) is 7.12. The maximum atomic E-state index is 10.8. The Hall–Kier alpha value is -0.870. The first-order valence-electron chi connectivity index (χ1n) is 3.60. The van der Waals surface area contributed by atoms with E-state index >= 15 is 0 Å². The molecule has 1 heterocycles. The van der Waals surface area contributed by atoms with Gasteiger partial charge in [-0.3, -0.25) is 0 Å². The van der Waals surface area contributed by atoms with Gasteiger partial charge in [-0.1, -0.05) is 6.07 Å². The molecule has 0 aliphatic heterocycles. The Morgan fingerprint density at radius 1 is 1.46 bits per heavy atom. The van der Waals surface area contributed by atoms with E-state index in [-0.39, 0.29) is 0 Å². The van der Waals surface area contributed by atoms with E-state index in [1.807, 2.05) is 12.1 Å². The molecule has 4 heteroatoms. The molecular formula is C9H5BrO2S. The summed E-state index contributed by atoms with van der Waals surface area (Å²) in [7, 11) is 0. The van der Waals surface area contributed by atoms with Crippen molar-refractivity contribution in [1.82, 2.24) is 0 Å². The van der Waals surface area contributed by atoms with Crippen LogP contribution >= 0.6 is 27.3 Å². The molecule has 0 aliphatic rings. The minimum atomic E-state index is -0.879. The van der Waals surface area contributed by atoms with Gasteiger partial charge in [0.2, 0.25) is 0 Å². The average molecular weight is 257 g/mol. The molecule has 0 unspecified atom stereocenters. The van der Waals surface area contributed by atoms with Crippen molar-refractivity contribution < 1.29 is 9.90 Å². The zero-order valence-electron chi connectivity index (χ0n) is 6.45. The molecule has 0 amide bonds. The summed E-state index contributed by atoms with van der Waals surface area (Å²) in [5.74, 6) is -0.879. The molecule has 0 aliphatic carbocycles. The molecular weight excluding hydrogens is 252 g/mol. The summed E-state index contributed by atoms with van der Waals surface area (Å²) in [4.78, 5) is 10.8. The summed E-state index contributed by atoms with van der Waals surface area (Å²) >= 11 is 4.87. The first-order valence-corrected chi connectivity index (χ1v) is 5.21. The van der Waals surface area contributed by atoms with E-state index in [0.29, 0.717) is 5.56 Å². The van der Waals surface area contributed by atoms with Crippen molar-refractivity contribution in [1.29, 1.82) is 0 Å². The third-order valence-corrected chi connectivity index (χ3v) is 3.37. The van der Waals surface area contributed by atoms with E-state index in [2.05, 4.69) is 15.9 Å². The van der Waals surface area contributed by atoms with Crippen LogP contribution < -0.4 is 0 Å². The highest BCUT2D eigenvalue weighted by Gasteiger charge is 2.09. The van der Waals surface area contributed by atoms with Gasteiger partial charge in [-0.15, -0.1) is 11.3 Å². The van der Waals surface area contributed by atoms with Crippen molar-refractivity contribution in [2.45, 2.75) is 0 Å². The number of carboxylic acid groups (broad SMARTS) is 1. The Balaban J connectivity index is 2.82. The molecule has 1 aromatic heterocycles. The second-order valence-corrected chi connectivity index (χ2v) is 5.04. The van der Waals surface area contributed by atoms with Crippen molar-refractivity contribution in [3.05, 3.63) is 33.6 Å². The Bertz CT molecular complexity index is 475. The molecule has 0 spiro atoms. The maximum Gasteiger partial charge on any atom is 0.336 e. The molecule has 66 valence electrons. The Labute approximate surface area is 86.9 Å². The van der Waals surface area contributed by atoms with Crippen LogP contribution in [0.4, 0.5) is 0 Å². The lowest BCUT2D eigenvalue weighted by Gasteiger charge is -1.94. The predicted molar refractivity (Wildman–Crippen MR) is 56.5 cm³/mol. The van der Waals surface area contributed by atoms with Gasteiger partial charge in [-0.05, 0) is 34.1 Å². The minimum Gasteiger partial charge on any atom is -0.478 e. The number of benzene rings is 1. The Morgan fingerprint density at radius 3 is 2.92 bits per heavy atom. The van der Waals surface area contributed by atoms with Gasteiger partial charge in [-0.2, -0.15) is 0 Å². The van der Waals surface area contributed by atoms with Crippen molar-refractivity contribution in [3.8, 4) is 0 Å². The molecule has 0 bridgehead atoms. The third kappa shape index (κ3) is 1.47. The van der Waals surface area contributed by atoms with Gasteiger partial charge < -0.3 is 5.11 Å². The van der Waals surface area contributed by atoms with Gasteiger partial charge in [0.1, 0.15) is 0 Å². The molecule has 0 saturated carbocycles. The number of rotatable bonds is 1. The average Bonchev–Trinajstić information content (AvgIpc) is 2.43. The van der Waals surface area contributed by atoms with E-state index in [0.717, 1.165) is 13.9 Å². The number of aromatic carboxylic acids is 1. The molecule has 2 rings (SSSR count). The fourth-order valence-corrected chi connectivity index (χ4v) is 2.78. The summed E-state index contributed by atoms with van der Waals surface area (Å²) in [5, 5.41) is 9.68. The van der Waals surface area contributed by atoms with Crippen molar-refractivity contribution >= 4 is 43.3 Å². The molecule has 2 aromatic rings. The van der Waals surface area contributed by atoms with Gasteiger partial charge in [-0.25, -0.2) is 4.79 Å². The molecule has 0 atom stereocenters. The van der Waals surface area contributed by atoms with Crippen LogP contribution in [0.2, 0.25) is 0 Å². The number of thiophene rings is 1. The zero-order chi connectivity index (χ0) is 9.42. The lowest BCUT2D eigenvalue weighted by molar-refractivity contribution is 0.0699. The summed E-state index contributed by atoms with van der Waals surface area (Å²) < 4.78 is 1.95. The molecule has 0 saturated heterocycles. The van der Waals surface area contributed by atoms with Gasteiger partial charge in [0.15, 0.2) is 0 Å². The number of fused-ring (bicyclic) bond motifs is 1. The molecule has 2 nitrogen and oxygen atoms in total. The first kappa shape index (κ1) is 8.72. The van der Waals surface area contributed by atoms with Crippen molar-refractivity contribution in [3.63, 3.8) is 0 Å². The summed E-state index contributed by atoms with van der Waals surface area (Å²) in [6.07, 6.45) is 0. The Morgan fingerprint density at radius 2 is 2.23 bits per heavy atom. The van der Waals surface area contributed by atoms with E-state index in [4.69, 9.17) is 5.11 Å². The van der Waals surface area contributed by atoms with Crippen LogP contribution in [-0.2, 0) is 0 Å². The van der Waals surface area contributed by atoms with Crippen molar-refractivity contribution in [2.75, 3.05) is 0 Å². The normalized spacial score (nSPS) is 10.5. The lowest BCUT2D eigenvalue weighted by Crippen LogP contribution is -1.95. The van der Waals surface area contributed by atoms with Crippen LogP contribution in [0.5, 0.6) is 0 Å². The maximum absolute atomic E-state index is 10.8. The smallest absolute Gasteiger partial charge is 0.336 e. The number of hydrogen-bond acceptors (Lipinski definition) is 2. The van der Waals surface area contributed by atoms with Crippen LogP contribution in [0.25, 0.3) is 10.1 Å². The van der Waals surface area contributed by atoms with Gasteiger partial charge in [0, 0.05) is 10.1 Å². The monoisotopic (exact) mass is 256 g/mol. The minimum absolute atomic E-state index is 0.361. The molecule has 13 heavy (non-hydrogen) atoms.